The Balaban J connectivity index is 1.35. The predicted molar refractivity (Wildman–Crippen MR) is 111 cm³/mol. The number of benzene rings is 2. The Bertz CT molecular complexity index is 1250. The number of carbonyl (C=O) groups is 1. The quantitative estimate of drug-likeness (QED) is 0.510. The number of aromatic nitrogens is 4. The van der Waals surface area contributed by atoms with Crippen molar-refractivity contribution in [3.63, 3.8) is 0 Å². The number of fused-ring (bicyclic) bond motifs is 1. The lowest BCUT2D eigenvalue weighted by atomic mass is 10.1. The Morgan fingerprint density at radius 2 is 1.58 bits per heavy atom. The molecule has 2 aromatic heterocycles. The average Bonchev–Trinajstić information content (AvgIpc) is 3.23. The summed E-state index contributed by atoms with van der Waals surface area (Å²) < 4.78 is 28.8. The van der Waals surface area contributed by atoms with Gasteiger partial charge in [-0.2, -0.15) is 4.52 Å². The average molecular weight is 420 g/mol. The standard InChI is InChI=1S/C22H18F2N6O/c23-16-7-5-15(6-8-16)21-26-25-19-9-10-20(27-30(19)21)28-11-13-29(14-12-28)22(31)17-3-1-2-4-18(17)24/h1-10H,11-14H2. The number of carbonyl (C=O) groups excluding carboxylic acids is 1. The maximum Gasteiger partial charge on any atom is 0.256 e. The van der Waals surface area contributed by atoms with Crippen molar-refractivity contribution >= 4 is 17.4 Å². The van der Waals surface area contributed by atoms with E-state index in [-0.39, 0.29) is 17.3 Å². The zero-order valence-corrected chi connectivity index (χ0v) is 16.4. The van der Waals surface area contributed by atoms with Crippen molar-refractivity contribution in [2.24, 2.45) is 0 Å². The molecule has 0 bridgehead atoms. The molecule has 0 atom stereocenters. The third-order valence-electron chi connectivity index (χ3n) is 5.35. The fourth-order valence-electron chi connectivity index (χ4n) is 3.67. The maximum atomic E-state index is 14.0. The largest absolute Gasteiger partial charge is 0.352 e. The van der Waals surface area contributed by atoms with Crippen molar-refractivity contribution in [1.29, 1.82) is 0 Å². The molecule has 1 aliphatic rings. The van der Waals surface area contributed by atoms with Gasteiger partial charge in [0.1, 0.15) is 17.5 Å². The van der Waals surface area contributed by atoms with Crippen LogP contribution in [0.1, 0.15) is 10.4 Å². The van der Waals surface area contributed by atoms with Gasteiger partial charge in [-0.3, -0.25) is 4.79 Å². The van der Waals surface area contributed by atoms with Crippen LogP contribution in [0.25, 0.3) is 17.0 Å². The van der Waals surface area contributed by atoms with Crippen LogP contribution in [0.5, 0.6) is 0 Å². The first kappa shape index (κ1) is 19.1. The number of piperazine rings is 1. The van der Waals surface area contributed by atoms with Crippen molar-refractivity contribution in [2.75, 3.05) is 31.1 Å². The SMILES string of the molecule is O=C(c1ccccc1F)N1CCN(c2ccc3nnc(-c4ccc(F)cc4)n3n2)CC1. The van der Waals surface area contributed by atoms with Gasteiger partial charge in [0.15, 0.2) is 11.5 Å². The van der Waals surface area contributed by atoms with E-state index in [4.69, 9.17) is 0 Å². The molecule has 0 N–H and O–H groups in total. The second-order valence-electron chi connectivity index (χ2n) is 7.25. The highest BCUT2D eigenvalue weighted by Gasteiger charge is 2.25. The van der Waals surface area contributed by atoms with Crippen LogP contribution in [-0.2, 0) is 0 Å². The topological polar surface area (TPSA) is 66.6 Å². The molecule has 3 heterocycles. The summed E-state index contributed by atoms with van der Waals surface area (Å²) in [5.74, 6) is 0.0921. The van der Waals surface area contributed by atoms with Gasteiger partial charge in [0, 0.05) is 31.7 Å². The molecule has 1 aliphatic heterocycles. The van der Waals surface area contributed by atoms with Gasteiger partial charge in [0.2, 0.25) is 0 Å². The first-order chi connectivity index (χ1) is 15.1. The minimum atomic E-state index is -0.511. The summed E-state index contributed by atoms with van der Waals surface area (Å²) in [7, 11) is 0. The first-order valence-corrected chi connectivity index (χ1v) is 9.87. The molecule has 0 spiro atoms. The molecule has 156 valence electrons. The number of anilines is 1. The zero-order chi connectivity index (χ0) is 21.4. The van der Waals surface area contributed by atoms with Gasteiger partial charge >= 0.3 is 0 Å². The third-order valence-corrected chi connectivity index (χ3v) is 5.35. The number of rotatable bonds is 3. The van der Waals surface area contributed by atoms with Crippen molar-refractivity contribution in [3.05, 3.63) is 77.9 Å². The van der Waals surface area contributed by atoms with Gasteiger partial charge in [-0.1, -0.05) is 12.1 Å². The lowest BCUT2D eigenvalue weighted by Gasteiger charge is -2.35. The fraction of sp³-hybridized carbons (Fsp3) is 0.182. The molecular formula is C22H18F2N6O. The van der Waals surface area contributed by atoms with E-state index < -0.39 is 5.82 Å². The smallest absolute Gasteiger partial charge is 0.256 e. The summed E-state index contributed by atoms with van der Waals surface area (Å²) in [5.41, 5.74) is 1.37. The Morgan fingerprint density at radius 1 is 0.839 bits per heavy atom. The molecule has 31 heavy (non-hydrogen) atoms. The normalized spacial score (nSPS) is 14.3. The Labute approximate surface area is 176 Å². The maximum absolute atomic E-state index is 14.0. The highest BCUT2D eigenvalue weighted by molar-refractivity contribution is 5.94. The van der Waals surface area contributed by atoms with Gasteiger partial charge in [-0.15, -0.1) is 15.3 Å². The number of halogens is 2. The van der Waals surface area contributed by atoms with Crippen LogP contribution in [0.15, 0.2) is 60.7 Å². The van der Waals surface area contributed by atoms with Crippen LogP contribution in [0.4, 0.5) is 14.6 Å². The lowest BCUT2D eigenvalue weighted by molar-refractivity contribution is 0.0741. The van der Waals surface area contributed by atoms with Crippen LogP contribution in [-0.4, -0.2) is 56.8 Å². The summed E-state index contributed by atoms with van der Waals surface area (Å²) in [4.78, 5) is 16.3. The first-order valence-electron chi connectivity index (χ1n) is 9.87. The molecule has 4 aromatic rings. The molecule has 0 unspecified atom stereocenters. The van der Waals surface area contributed by atoms with Crippen LogP contribution in [0, 0.1) is 11.6 Å². The van der Waals surface area contributed by atoms with Crippen LogP contribution >= 0.6 is 0 Å². The van der Waals surface area contributed by atoms with Gasteiger partial charge in [0.05, 0.1) is 5.56 Å². The molecule has 0 aliphatic carbocycles. The summed E-state index contributed by atoms with van der Waals surface area (Å²) >= 11 is 0. The second-order valence-corrected chi connectivity index (χ2v) is 7.25. The van der Waals surface area contributed by atoms with Crippen LogP contribution in [0.3, 0.4) is 0 Å². The summed E-state index contributed by atoms with van der Waals surface area (Å²) in [6.07, 6.45) is 0. The van der Waals surface area contributed by atoms with Gasteiger partial charge in [-0.05, 0) is 48.5 Å². The summed E-state index contributed by atoms with van der Waals surface area (Å²) in [6, 6.07) is 15.7. The Hall–Kier alpha value is -3.88. The van der Waals surface area contributed by atoms with Crippen LogP contribution < -0.4 is 4.90 Å². The van der Waals surface area contributed by atoms with Crippen molar-refractivity contribution in [1.82, 2.24) is 24.7 Å². The number of amides is 1. The number of hydrogen-bond donors (Lipinski definition) is 0. The van der Waals surface area contributed by atoms with E-state index in [0.29, 0.717) is 49.0 Å². The lowest BCUT2D eigenvalue weighted by Crippen LogP contribution is -2.49. The highest BCUT2D eigenvalue weighted by Crippen LogP contribution is 2.21. The minimum absolute atomic E-state index is 0.0870. The molecule has 7 nitrogen and oxygen atoms in total. The van der Waals surface area contributed by atoms with E-state index >= 15 is 0 Å². The van der Waals surface area contributed by atoms with E-state index in [0.717, 1.165) is 0 Å². The van der Waals surface area contributed by atoms with E-state index in [1.54, 1.807) is 33.7 Å². The van der Waals surface area contributed by atoms with Gasteiger partial charge in [0.25, 0.3) is 5.91 Å². The monoisotopic (exact) mass is 420 g/mol. The van der Waals surface area contributed by atoms with E-state index in [1.807, 2.05) is 12.1 Å². The molecule has 0 saturated carbocycles. The molecule has 2 aromatic carbocycles. The number of nitrogens with zero attached hydrogens (tertiary/aromatic N) is 6. The summed E-state index contributed by atoms with van der Waals surface area (Å²) in [5, 5.41) is 13.0. The molecular weight excluding hydrogens is 402 g/mol. The predicted octanol–water partition coefficient (Wildman–Crippen LogP) is 3.03. The van der Waals surface area contributed by atoms with Crippen molar-refractivity contribution in [2.45, 2.75) is 0 Å². The molecule has 0 radical (unpaired) electrons. The zero-order valence-electron chi connectivity index (χ0n) is 16.4. The number of hydrogen-bond acceptors (Lipinski definition) is 5. The molecule has 1 fully saturated rings. The van der Waals surface area contributed by atoms with E-state index in [1.165, 1.54) is 24.3 Å². The highest BCUT2D eigenvalue weighted by atomic mass is 19.1. The van der Waals surface area contributed by atoms with Crippen LogP contribution in [0.2, 0.25) is 0 Å². The van der Waals surface area contributed by atoms with E-state index in [9.17, 15) is 13.6 Å². The minimum Gasteiger partial charge on any atom is -0.352 e. The third kappa shape index (κ3) is 3.58. The van der Waals surface area contributed by atoms with Gasteiger partial charge in [-0.25, -0.2) is 8.78 Å². The molecule has 5 rings (SSSR count). The molecule has 9 heteroatoms. The molecule has 1 amide bonds. The van der Waals surface area contributed by atoms with Crippen molar-refractivity contribution < 1.29 is 13.6 Å². The summed E-state index contributed by atoms with van der Waals surface area (Å²) in [6.45, 7) is 2.04. The Morgan fingerprint density at radius 3 is 2.32 bits per heavy atom. The van der Waals surface area contributed by atoms with Gasteiger partial charge < -0.3 is 9.80 Å². The van der Waals surface area contributed by atoms with E-state index in [2.05, 4.69) is 20.2 Å². The fourth-order valence-corrected chi connectivity index (χ4v) is 3.67. The molecule has 1 saturated heterocycles. The second kappa shape index (κ2) is 7.75. The Kier molecular flexibility index (Phi) is 4.78. The van der Waals surface area contributed by atoms with Crippen molar-refractivity contribution in [3.8, 4) is 11.4 Å².